The molecule has 0 aromatic heterocycles. The maximum absolute atomic E-state index is 10.7. The number of hydrogen-bond acceptors (Lipinski definition) is 3. The number of ether oxygens (including phenoxy) is 1. The van der Waals surface area contributed by atoms with Crippen molar-refractivity contribution in [1.82, 2.24) is 10.2 Å². The number of rotatable bonds is 1. The van der Waals surface area contributed by atoms with Gasteiger partial charge in [-0.2, -0.15) is 5.32 Å². The second-order valence-electron chi connectivity index (χ2n) is 1.93. The van der Waals surface area contributed by atoms with E-state index in [1.54, 1.807) is 0 Å². The van der Waals surface area contributed by atoms with Gasteiger partial charge >= 0.3 is 11.9 Å². The van der Waals surface area contributed by atoms with E-state index < -0.39 is 18.2 Å². The summed E-state index contributed by atoms with van der Waals surface area (Å²) in [6, 6.07) is -0.545. The van der Waals surface area contributed by atoms with Crippen LogP contribution in [0.25, 0.3) is 0 Å². The summed E-state index contributed by atoms with van der Waals surface area (Å²) in [7, 11) is 2.82. The Kier molecular flexibility index (Phi) is 1.58. The smallest absolute Gasteiger partial charge is 0.349 e. The number of carbonyl (C=O) groups is 2. The van der Waals surface area contributed by atoms with Crippen molar-refractivity contribution in [1.29, 1.82) is 0 Å². The van der Waals surface area contributed by atoms with E-state index in [0.29, 0.717) is 0 Å². The summed E-state index contributed by atoms with van der Waals surface area (Å²) in [5, 5.41) is 3.15. The fourth-order valence-electron chi connectivity index (χ4n) is 0.753. The molecule has 0 aromatic rings. The van der Waals surface area contributed by atoms with E-state index in [4.69, 9.17) is 0 Å². The molecule has 1 saturated heterocycles. The monoisotopic (exact) mass is 143 g/mol. The van der Waals surface area contributed by atoms with Gasteiger partial charge in [-0.3, -0.25) is 9.69 Å². The van der Waals surface area contributed by atoms with Crippen LogP contribution < -0.4 is 5.32 Å². The molecule has 1 atom stereocenters. The number of carbonyl (C=O) groups excluding carboxylic acids is 2. The maximum atomic E-state index is 10.7. The summed E-state index contributed by atoms with van der Waals surface area (Å²) in [6.45, 7) is 0. The normalized spacial score (nSPS) is 25.4. The van der Waals surface area contributed by atoms with Crippen molar-refractivity contribution in [2.75, 3.05) is 14.2 Å². The predicted octanol–water partition coefficient (Wildman–Crippen LogP) is -0.845. The van der Waals surface area contributed by atoms with Crippen molar-refractivity contribution in [3.63, 3.8) is 0 Å². The Morgan fingerprint density at radius 2 is 2.20 bits per heavy atom. The number of amides is 3. The predicted molar refractivity (Wildman–Crippen MR) is 31.1 cm³/mol. The molecular weight excluding hydrogens is 136 g/mol. The number of nitrogens with zero attached hydrogens (tertiary/aromatic N) is 2. The molecular formula is C5H7N2O3. The fraction of sp³-hybridized carbons (Fsp3) is 0.600. The average Bonchev–Trinajstić information content (AvgIpc) is 2.09. The summed E-state index contributed by atoms with van der Waals surface area (Å²) >= 11 is 0. The van der Waals surface area contributed by atoms with E-state index in [1.807, 2.05) is 0 Å². The second kappa shape index (κ2) is 2.26. The molecule has 3 amide bonds. The molecule has 1 unspecified atom stereocenters. The number of urea groups is 1. The van der Waals surface area contributed by atoms with Crippen molar-refractivity contribution in [2.45, 2.75) is 6.23 Å². The lowest BCUT2D eigenvalue weighted by molar-refractivity contribution is -0.132. The van der Waals surface area contributed by atoms with Crippen molar-refractivity contribution in [2.24, 2.45) is 0 Å². The molecule has 0 N–H and O–H groups in total. The van der Waals surface area contributed by atoms with E-state index in [0.717, 1.165) is 4.90 Å². The van der Waals surface area contributed by atoms with Crippen LogP contribution in [0.5, 0.6) is 0 Å². The molecule has 1 aliphatic heterocycles. The van der Waals surface area contributed by atoms with Gasteiger partial charge in [-0.1, -0.05) is 0 Å². The molecule has 0 saturated carbocycles. The Morgan fingerprint density at radius 3 is 2.40 bits per heavy atom. The Morgan fingerprint density at radius 1 is 1.60 bits per heavy atom. The lowest BCUT2D eigenvalue weighted by Crippen LogP contribution is -2.32. The van der Waals surface area contributed by atoms with Crippen LogP contribution >= 0.6 is 0 Å². The van der Waals surface area contributed by atoms with Gasteiger partial charge in [-0.25, -0.2) is 4.79 Å². The van der Waals surface area contributed by atoms with Gasteiger partial charge < -0.3 is 4.74 Å². The van der Waals surface area contributed by atoms with Gasteiger partial charge in [0, 0.05) is 14.2 Å². The lowest BCUT2D eigenvalue weighted by atomic mass is 10.5. The SMILES string of the molecule is COC1C(=O)[N]C(=O)N1C. The van der Waals surface area contributed by atoms with E-state index in [1.165, 1.54) is 14.2 Å². The molecule has 1 radical (unpaired) electrons. The van der Waals surface area contributed by atoms with Gasteiger partial charge in [0.15, 0.2) is 0 Å². The van der Waals surface area contributed by atoms with Crippen LogP contribution in [0.2, 0.25) is 0 Å². The molecule has 10 heavy (non-hydrogen) atoms. The molecule has 1 heterocycles. The third-order valence-electron chi connectivity index (χ3n) is 1.29. The van der Waals surface area contributed by atoms with Gasteiger partial charge in [0.05, 0.1) is 0 Å². The largest absolute Gasteiger partial charge is 0.353 e. The molecule has 1 aliphatic rings. The highest BCUT2D eigenvalue weighted by atomic mass is 16.5. The van der Waals surface area contributed by atoms with E-state index in [2.05, 4.69) is 10.1 Å². The molecule has 0 aliphatic carbocycles. The molecule has 1 fully saturated rings. The Labute approximate surface area is 57.9 Å². The van der Waals surface area contributed by atoms with E-state index >= 15 is 0 Å². The third kappa shape index (κ3) is 0.841. The van der Waals surface area contributed by atoms with Crippen molar-refractivity contribution < 1.29 is 14.3 Å². The Hall–Kier alpha value is -1.10. The zero-order chi connectivity index (χ0) is 7.72. The number of hydrogen-bond donors (Lipinski definition) is 0. The van der Waals surface area contributed by atoms with E-state index in [9.17, 15) is 9.59 Å². The van der Waals surface area contributed by atoms with Crippen LogP contribution in [-0.2, 0) is 9.53 Å². The summed E-state index contributed by atoms with van der Waals surface area (Å²) in [5.74, 6) is -0.532. The topological polar surface area (TPSA) is 60.7 Å². The minimum Gasteiger partial charge on any atom is -0.353 e. The molecule has 5 heteroatoms. The van der Waals surface area contributed by atoms with Gasteiger partial charge in [-0.05, 0) is 0 Å². The van der Waals surface area contributed by atoms with Gasteiger partial charge in [0.1, 0.15) is 0 Å². The zero-order valence-corrected chi connectivity index (χ0v) is 5.70. The quantitative estimate of drug-likeness (QED) is 0.449. The highest BCUT2D eigenvalue weighted by Crippen LogP contribution is 2.06. The summed E-state index contributed by atoms with van der Waals surface area (Å²) in [5.41, 5.74) is 0. The first-order chi connectivity index (χ1) is 4.66. The summed E-state index contributed by atoms with van der Waals surface area (Å²) in [6.07, 6.45) is -0.812. The Bertz CT molecular complexity index is 180. The van der Waals surface area contributed by atoms with Gasteiger partial charge in [0.25, 0.3) is 0 Å². The second-order valence-corrected chi connectivity index (χ2v) is 1.93. The van der Waals surface area contributed by atoms with Crippen LogP contribution in [0.15, 0.2) is 0 Å². The number of imide groups is 1. The molecule has 0 bridgehead atoms. The van der Waals surface area contributed by atoms with Crippen LogP contribution in [0, 0.1) is 0 Å². The number of methoxy groups -OCH3 is 1. The average molecular weight is 143 g/mol. The minimum absolute atomic E-state index is 0.532. The van der Waals surface area contributed by atoms with Gasteiger partial charge in [-0.15, -0.1) is 0 Å². The maximum Gasteiger partial charge on any atom is 0.349 e. The number of likely N-dealkylation sites (N-methyl/N-ethyl adjacent to an activating group) is 1. The van der Waals surface area contributed by atoms with E-state index in [-0.39, 0.29) is 0 Å². The first-order valence-corrected chi connectivity index (χ1v) is 2.72. The van der Waals surface area contributed by atoms with Crippen molar-refractivity contribution in [3.8, 4) is 0 Å². The molecule has 0 spiro atoms. The molecule has 55 valence electrons. The highest BCUT2D eigenvalue weighted by molar-refractivity contribution is 6.02. The standard InChI is InChI=1S/C5H7N2O3/c1-7-4(10-2)3(8)6-5(7)9/h4H,1-2H3. The summed E-state index contributed by atoms with van der Waals surface area (Å²) in [4.78, 5) is 22.4. The molecule has 1 rings (SSSR count). The van der Waals surface area contributed by atoms with Crippen molar-refractivity contribution in [3.05, 3.63) is 0 Å². The summed E-state index contributed by atoms with van der Waals surface area (Å²) < 4.78 is 4.67. The fourth-order valence-corrected chi connectivity index (χ4v) is 0.753. The molecule has 0 aromatic carbocycles. The van der Waals surface area contributed by atoms with Crippen LogP contribution in [0.1, 0.15) is 0 Å². The minimum atomic E-state index is -0.812. The molecule has 5 nitrogen and oxygen atoms in total. The highest BCUT2D eigenvalue weighted by Gasteiger charge is 2.37. The van der Waals surface area contributed by atoms with Crippen LogP contribution in [0.3, 0.4) is 0 Å². The lowest BCUT2D eigenvalue weighted by Gasteiger charge is -2.12. The van der Waals surface area contributed by atoms with Crippen LogP contribution in [-0.4, -0.2) is 37.2 Å². The third-order valence-corrected chi connectivity index (χ3v) is 1.29. The first kappa shape index (κ1) is 7.01. The first-order valence-electron chi connectivity index (χ1n) is 2.72. The van der Waals surface area contributed by atoms with Gasteiger partial charge in [0.2, 0.25) is 6.23 Å². The zero-order valence-electron chi connectivity index (χ0n) is 5.70. The van der Waals surface area contributed by atoms with Crippen molar-refractivity contribution >= 4 is 11.9 Å². The van der Waals surface area contributed by atoms with Crippen LogP contribution in [0.4, 0.5) is 4.79 Å². The Balaban J connectivity index is 2.73.